The molecule has 0 aliphatic rings. The molecule has 0 amide bonds. The summed E-state index contributed by atoms with van der Waals surface area (Å²) in [5.74, 6) is 0.430. The Hall–Kier alpha value is -0.810. The summed E-state index contributed by atoms with van der Waals surface area (Å²) in [4.78, 5) is 0. The van der Waals surface area contributed by atoms with Crippen molar-refractivity contribution >= 4 is 9.84 Å². The minimum Gasteiger partial charge on any atom is -0.353 e. The fourth-order valence-electron chi connectivity index (χ4n) is 1.41. The average Bonchev–Trinajstić information content (AvgIpc) is 2.74. The molecule has 1 unspecified atom stereocenters. The second-order valence-corrected chi connectivity index (χ2v) is 6.40. The molecule has 4 nitrogen and oxygen atoms in total. The van der Waals surface area contributed by atoms with Crippen LogP contribution in [0.25, 0.3) is 0 Å². The lowest BCUT2D eigenvalue weighted by Gasteiger charge is -2.07. The zero-order chi connectivity index (χ0) is 12.2. The molecule has 5 heteroatoms. The van der Waals surface area contributed by atoms with E-state index in [0.717, 1.165) is 0 Å². The Bertz CT molecular complexity index is 423. The van der Waals surface area contributed by atoms with E-state index in [2.05, 4.69) is 12.2 Å². The van der Waals surface area contributed by atoms with Crippen LogP contribution in [0, 0.1) is 0 Å². The first-order valence-corrected chi connectivity index (χ1v) is 7.34. The van der Waals surface area contributed by atoms with Gasteiger partial charge in [-0.15, -0.1) is 0 Å². The molecule has 16 heavy (non-hydrogen) atoms. The molecule has 1 heterocycles. The molecule has 92 valence electrons. The highest BCUT2D eigenvalue weighted by Crippen LogP contribution is 2.11. The molecule has 1 aromatic rings. The fraction of sp³-hybridized carbons (Fsp3) is 0.636. The van der Waals surface area contributed by atoms with Gasteiger partial charge in [0.15, 0.2) is 9.84 Å². The third-order valence-corrected chi connectivity index (χ3v) is 4.49. The monoisotopic (exact) mass is 244 g/mol. The summed E-state index contributed by atoms with van der Waals surface area (Å²) < 4.78 is 24.6. The van der Waals surface area contributed by atoms with Gasteiger partial charge in [0.2, 0.25) is 0 Å². The van der Waals surface area contributed by atoms with Gasteiger partial charge in [0, 0.05) is 30.7 Å². The van der Waals surface area contributed by atoms with Crippen molar-refractivity contribution < 1.29 is 8.42 Å². The molecule has 1 rings (SSSR count). The third kappa shape index (κ3) is 3.64. The van der Waals surface area contributed by atoms with E-state index in [-0.39, 0.29) is 11.5 Å². The van der Waals surface area contributed by atoms with Crippen molar-refractivity contribution in [3.05, 3.63) is 24.0 Å². The minimum absolute atomic E-state index is 0.214. The number of hydrogen-bond acceptors (Lipinski definition) is 3. The van der Waals surface area contributed by atoms with Crippen molar-refractivity contribution in [2.24, 2.45) is 0 Å². The van der Waals surface area contributed by atoms with E-state index in [1.807, 2.05) is 30.1 Å². The zero-order valence-electron chi connectivity index (χ0n) is 10.1. The standard InChI is InChI=1S/C11H20N2O2S/c1-4-16(14,15)8-7-13-6-5-11(9-13)10(2)12-3/h5-6,9-10,12H,4,7-8H2,1-3H3. The van der Waals surface area contributed by atoms with Crippen molar-refractivity contribution in [3.63, 3.8) is 0 Å². The van der Waals surface area contributed by atoms with Gasteiger partial charge >= 0.3 is 0 Å². The van der Waals surface area contributed by atoms with E-state index >= 15 is 0 Å². The summed E-state index contributed by atoms with van der Waals surface area (Å²) in [6.45, 7) is 4.29. The van der Waals surface area contributed by atoms with Crippen LogP contribution in [-0.2, 0) is 16.4 Å². The van der Waals surface area contributed by atoms with E-state index in [1.54, 1.807) is 6.92 Å². The van der Waals surface area contributed by atoms with Crippen LogP contribution in [0.4, 0.5) is 0 Å². The average molecular weight is 244 g/mol. The number of hydrogen-bond donors (Lipinski definition) is 1. The normalized spacial score (nSPS) is 13.9. The summed E-state index contributed by atoms with van der Waals surface area (Å²) in [5.41, 5.74) is 1.18. The van der Waals surface area contributed by atoms with Crippen molar-refractivity contribution in [3.8, 4) is 0 Å². The Kier molecular flexibility index (Phi) is 4.56. The zero-order valence-corrected chi connectivity index (χ0v) is 10.9. The SMILES string of the molecule is CCS(=O)(=O)CCn1ccc(C(C)NC)c1. The Morgan fingerprint density at radius 2 is 2.19 bits per heavy atom. The molecular formula is C11H20N2O2S. The highest BCUT2D eigenvalue weighted by atomic mass is 32.2. The lowest BCUT2D eigenvalue weighted by Crippen LogP contribution is -2.14. The smallest absolute Gasteiger partial charge is 0.151 e. The first-order valence-electron chi connectivity index (χ1n) is 5.52. The first-order chi connectivity index (χ1) is 7.48. The molecule has 0 aliphatic heterocycles. The van der Waals surface area contributed by atoms with Crippen LogP contribution in [0.1, 0.15) is 25.5 Å². The van der Waals surface area contributed by atoms with Crippen molar-refractivity contribution in [2.45, 2.75) is 26.4 Å². The molecule has 1 N–H and O–H groups in total. The van der Waals surface area contributed by atoms with Gasteiger partial charge in [0.05, 0.1) is 5.75 Å². The fourth-order valence-corrected chi connectivity index (χ4v) is 2.19. The quantitative estimate of drug-likeness (QED) is 0.818. The molecule has 0 aliphatic carbocycles. The Labute approximate surface area is 97.6 Å². The van der Waals surface area contributed by atoms with Crippen molar-refractivity contribution in [1.29, 1.82) is 0 Å². The largest absolute Gasteiger partial charge is 0.353 e. The number of sulfone groups is 1. The molecule has 0 radical (unpaired) electrons. The highest BCUT2D eigenvalue weighted by Gasteiger charge is 2.08. The van der Waals surface area contributed by atoms with Gasteiger partial charge < -0.3 is 9.88 Å². The maximum Gasteiger partial charge on any atom is 0.151 e. The van der Waals surface area contributed by atoms with E-state index < -0.39 is 9.84 Å². The first kappa shape index (κ1) is 13.3. The number of aromatic nitrogens is 1. The Balaban J connectivity index is 2.60. The predicted octanol–water partition coefficient (Wildman–Crippen LogP) is 1.20. The van der Waals surface area contributed by atoms with E-state index in [4.69, 9.17) is 0 Å². The number of rotatable bonds is 6. The summed E-state index contributed by atoms with van der Waals surface area (Å²) in [7, 11) is -0.964. The van der Waals surface area contributed by atoms with Crippen LogP contribution in [0.5, 0.6) is 0 Å². The second kappa shape index (κ2) is 5.50. The molecular weight excluding hydrogens is 224 g/mol. The van der Waals surface area contributed by atoms with Crippen molar-refractivity contribution in [1.82, 2.24) is 9.88 Å². The van der Waals surface area contributed by atoms with Crippen molar-refractivity contribution in [2.75, 3.05) is 18.6 Å². The maximum atomic E-state index is 11.3. The van der Waals surface area contributed by atoms with Crippen LogP contribution in [0.2, 0.25) is 0 Å². The summed E-state index contributed by atoms with van der Waals surface area (Å²) in [6.07, 6.45) is 3.92. The Morgan fingerprint density at radius 1 is 1.50 bits per heavy atom. The van der Waals surface area contributed by atoms with Crippen LogP contribution in [0.3, 0.4) is 0 Å². The molecule has 1 atom stereocenters. The molecule has 0 saturated carbocycles. The lowest BCUT2D eigenvalue weighted by atomic mass is 10.2. The molecule has 1 aromatic heterocycles. The van der Waals surface area contributed by atoms with Gasteiger partial charge in [-0.2, -0.15) is 0 Å². The molecule has 0 bridgehead atoms. The van der Waals surface area contributed by atoms with E-state index in [0.29, 0.717) is 12.6 Å². The van der Waals surface area contributed by atoms with Crippen LogP contribution < -0.4 is 5.32 Å². The topological polar surface area (TPSA) is 51.1 Å². The maximum absolute atomic E-state index is 11.3. The minimum atomic E-state index is -2.87. The predicted molar refractivity (Wildman–Crippen MR) is 66.2 cm³/mol. The number of nitrogens with zero attached hydrogens (tertiary/aromatic N) is 1. The molecule has 0 fully saturated rings. The molecule has 0 aromatic carbocycles. The van der Waals surface area contributed by atoms with Crippen LogP contribution in [-0.4, -0.2) is 31.5 Å². The van der Waals surface area contributed by atoms with Gasteiger partial charge in [0.25, 0.3) is 0 Å². The highest BCUT2D eigenvalue weighted by molar-refractivity contribution is 7.91. The van der Waals surface area contributed by atoms with E-state index in [9.17, 15) is 8.42 Å². The second-order valence-electron chi connectivity index (χ2n) is 3.93. The molecule has 0 spiro atoms. The van der Waals surface area contributed by atoms with Crippen LogP contribution >= 0.6 is 0 Å². The van der Waals surface area contributed by atoms with Gasteiger partial charge in [-0.1, -0.05) is 6.92 Å². The summed E-state index contributed by atoms with van der Waals surface area (Å²) in [6, 6.07) is 2.31. The van der Waals surface area contributed by atoms with Gasteiger partial charge in [0.1, 0.15) is 0 Å². The van der Waals surface area contributed by atoms with Gasteiger partial charge in [-0.3, -0.25) is 0 Å². The number of aryl methyl sites for hydroxylation is 1. The summed E-state index contributed by atoms with van der Waals surface area (Å²) >= 11 is 0. The lowest BCUT2D eigenvalue weighted by molar-refractivity contribution is 0.589. The van der Waals surface area contributed by atoms with Crippen LogP contribution in [0.15, 0.2) is 18.5 Å². The third-order valence-electron chi connectivity index (χ3n) is 2.81. The number of nitrogens with one attached hydrogen (secondary N) is 1. The summed E-state index contributed by atoms with van der Waals surface area (Å²) in [5, 5.41) is 3.15. The van der Waals surface area contributed by atoms with E-state index in [1.165, 1.54) is 5.56 Å². The van der Waals surface area contributed by atoms with Gasteiger partial charge in [-0.05, 0) is 25.6 Å². The molecule has 0 saturated heterocycles. The Morgan fingerprint density at radius 3 is 2.75 bits per heavy atom. The van der Waals surface area contributed by atoms with Gasteiger partial charge in [-0.25, -0.2) is 8.42 Å².